The minimum atomic E-state index is 0.0284. The van der Waals surface area contributed by atoms with Crippen molar-refractivity contribution in [3.05, 3.63) is 52.3 Å². The standard InChI is InChI=1S/C16H14Cl2N2O2/c17-14-9-13(10-15(18)19-14)11-1-3-12(4-2-11)16(21)20-5-7-22-8-6-20/h1-4,9-10H,5-8H2. The Labute approximate surface area is 138 Å². The molecule has 1 aromatic heterocycles. The van der Waals surface area contributed by atoms with Gasteiger partial charge in [-0.15, -0.1) is 0 Å². The Morgan fingerprint density at radius 1 is 1.00 bits per heavy atom. The first-order valence-electron chi connectivity index (χ1n) is 6.94. The summed E-state index contributed by atoms with van der Waals surface area (Å²) in [7, 11) is 0. The fraction of sp³-hybridized carbons (Fsp3) is 0.250. The van der Waals surface area contributed by atoms with Crippen molar-refractivity contribution in [1.82, 2.24) is 9.88 Å². The summed E-state index contributed by atoms with van der Waals surface area (Å²) in [4.78, 5) is 18.1. The van der Waals surface area contributed by atoms with Crippen LogP contribution in [0.5, 0.6) is 0 Å². The molecular formula is C16H14Cl2N2O2. The van der Waals surface area contributed by atoms with E-state index in [0.29, 0.717) is 42.2 Å². The third kappa shape index (κ3) is 3.40. The highest BCUT2D eigenvalue weighted by Gasteiger charge is 2.18. The third-order valence-electron chi connectivity index (χ3n) is 3.53. The van der Waals surface area contributed by atoms with Gasteiger partial charge in [0.15, 0.2) is 0 Å². The number of ether oxygens (including phenoxy) is 1. The molecule has 0 bridgehead atoms. The van der Waals surface area contributed by atoms with Crippen LogP contribution in [0, 0.1) is 0 Å². The number of amides is 1. The van der Waals surface area contributed by atoms with E-state index in [1.807, 2.05) is 24.3 Å². The number of pyridine rings is 1. The molecule has 2 aromatic rings. The molecular weight excluding hydrogens is 323 g/mol. The summed E-state index contributed by atoms with van der Waals surface area (Å²) < 4.78 is 5.26. The molecule has 6 heteroatoms. The molecule has 2 heterocycles. The van der Waals surface area contributed by atoms with Crippen LogP contribution in [0.25, 0.3) is 11.1 Å². The average molecular weight is 337 g/mol. The molecule has 1 aromatic carbocycles. The number of aromatic nitrogens is 1. The van der Waals surface area contributed by atoms with Crippen molar-refractivity contribution in [3.8, 4) is 11.1 Å². The third-order valence-corrected chi connectivity index (χ3v) is 3.91. The fourth-order valence-corrected chi connectivity index (χ4v) is 2.85. The maximum Gasteiger partial charge on any atom is 0.254 e. The quantitative estimate of drug-likeness (QED) is 0.788. The number of benzene rings is 1. The molecule has 0 unspecified atom stereocenters. The Bertz CT molecular complexity index is 663. The lowest BCUT2D eigenvalue weighted by Gasteiger charge is -2.26. The minimum Gasteiger partial charge on any atom is -0.378 e. The van der Waals surface area contributed by atoms with Crippen molar-refractivity contribution in [1.29, 1.82) is 0 Å². The van der Waals surface area contributed by atoms with Gasteiger partial charge in [-0.05, 0) is 35.4 Å². The number of hydrogen-bond donors (Lipinski definition) is 0. The van der Waals surface area contributed by atoms with Gasteiger partial charge in [-0.3, -0.25) is 4.79 Å². The fourth-order valence-electron chi connectivity index (χ4n) is 2.39. The summed E-state index contributed by atoms with van der Waals surface area (Å²) in [5, 5.41) is 0.687. The van der Waals surface area contributed by atoms with Gasteiger partial charge in [-0.1, -0.05) is 35.3 Å². The van der Waals surface area contributed by atoms with Crippen molar-refractivity contribution >= 4 is 29.1 Å². The van der Waals surface area contributed by atoms with E-state index in [1.54, 1.807) is 17.0 Å². The molecule has 0 aliphatic carbocycles. The van der Waals surface area contributed by atoms with E-state index >= 15 is 0 Å². The van der Waals surface area contributed by atoms with E-state index in [1.165, 1.54) is 0 Å². The van der Waals surface area contributed by atoms with Crippen molar-refractivity contribution in [3.63, 3.8) is 0 Å². The molecule has 1 amide bonds. The molecule has 1 aliphatic heterocycles. The Kier molecular flexibility index (Phi) is 4.62. The molecule has 1 saturated heterocycles. The first kappa shape index (κ1) is 15.3. The van der Waals surface area contributed by atoms with E-state index in [9.17, 15) is 4.79 Å². The van der Waals surface area contributed by atoms with Crippen LogP contribution in [0.4, 0.5) is 0 Å². The van der Waals surface area contributed by atoms with Crippen molar-refractivity contribution in [2.75, 3.05) is 26.3 Å². The van der Waals surface area contributed by atoms with E-state index in [0.717, 1.165) is 11.1 Å². The van der Waals surface area contributed by atoms with E-state index in [-0.39, 0.29) is 5.91 Å². The molecule has 3 rings (SSSR count). The number of carbonyl (C=O) groups is 1. The summed E-state index contributed by atoms with van der Waals surface area (Å²) >= 11 is 11.8. The molecule has 0 radical (unpaired) electrons. The zero-order valence-electron chi connectivity index (χ0n) is 11.8. The smallest absolute Gasteiger partial charge is 0.254 e. The van der Waals surface area contributed by atoms with Crippen molar-refractivity contribution < 1.29 is 9.53 Å². The van der Waals surface area contributed by atoms with E-state index in [2.05, 4.69) is 4.98 Å². The van der Waals surface area contributed by atoms with E-state index < -0.39 is 0 Å². The normalized spacial score (nSPS) is 14.9. The molecule has 0 spiro atoms. The number of rotatable bonds is 2. The Morgan fingerprint density at radius 2 is 1.59 bits per heavy atom. The molecule has 1 aliphatic rings. The number of carbonyl (C=O) groups excluding carboxylic acids is 1. The zero-order chi connectivity index (χ0) is 15.5. The van der Waals surface area contributed by atoms with Gasteiger partial charge in [0.1, 0.15) is 10.3 Å². The molecule has 114 valence electrons. The number of halogens is 2. The maximum atomic E-state index is 12.4. The first-order valence-corrected chi connectivity index (χ1v) is 7.69. The second-order valence-electron chi connectivity index (χ2n) is 4.98. The predicted octanol–water partition coefficient (Wildman–Crippen LogP) is 3.53. The lowest BCUT2D eigenvalue weighted by molar-refractivity contribution is 0.0303. The molecule has 0 N–H and O–H groups in total. The van der Waals surface area contributed by atoms with Gasteiger partial charge in [0.05, 0.1) is 13.2 Å². The van der Waals surface area contributed by atoms with Crippen LogP contribution in [0.2, 0.25) is 10.3 Å². The molecule has 1 fully saturated rings. The van der Waals surface area contributed by atoms with E-state index in [4.69, 9.17) is 27.9 Å². The van der Waals surface area contributed by atoms with Crippen LogP contribution in [0.15, 0.2) is 36.4 Å². The highest BCUT2D eigenvalue weighted by atomic mass is 35.5. The average Bonchev–Trinajstić information content (AvgIpc) is 2.54. The Balaban J connectivity index is 1.81. The lowest BCUT2D eigenvalue weighted by Crippen LogP contribution is -2.40. The van der Waals surface area contributed by atoms with Crippen molar-refractivity contribution in [2.24, 2.45) is 0 Å². The lowest BCUT2D eigenvalue weighted by atomic mass is 10.0. The highest BCUT2D eigenvalue weighted by molar-refractivity contribution is 6.32. The van der Waals surface area contributed by atoms with Crippen LogP contribution >= 0.6 is 23.2 Å². The van der Waals surface area contributed by atoms with Gasteiger partial charge in [0.25, 0.3) is 5.91 Å². The SMILES string of the molecule is O=C(c1ccc(-c2cc(Cl)nc(Cl)c2)cc1)N1CCOCC1. The van der Waals surface area contributed by atoms with Crippen LogP contribution < -0.4 is 0 Å². The molecule has 0 atom stereocenters. The zero-order valence-corrected chi connectivity index (χ0v) is 13.3. The molecule has 0 saturated carbocycles. The van der Waals surface area contributed by atoms with Gasteiger partial charge in [0, 0.05) is 18.7 Å². The van der Waals surface area contributed by atoms with Gasteiger partial charge in [-0.25, -0.2) is 4.98 Å². The summed E-state index contributed by atoms with van der Waals surface area (Å²) in [5.74, 6) is 0.0284. The Hall–Kier alpha value is -1.62. The van der Waals surface area contributed by atoms with Crippen LogP contribution in [0.1, 0.15) is 10.4 Å². The second kappa shape index (κ2) is 6.65. The Morgan fingerprint density at radius 3 is 2.18 bits per heavy atom. The largest absolute Gasteiger partial charge is 0.378 e. The van der Waals surface area contributed by atoms with Gasteiger partial charge in [-0.2, -0.15) is 0 Å². The number of nitrogens with zero attached hydrogens (tertiary/aromatic N) is 2. The summed E-state index contributed by atoms with van der Waals surface area (Å²) in [5.41, 5.74) is 2.47. The molecule has 22 heavy (non-hydrogen) atoms. The predicted molar refractivity (Wildman–Crippen MR) is 86.4 cm³/mol. The van der Waals surface area contributed by atoms with Gasteiger partial charge >= 0.3 is 0 Å². The molecule has 4 nitrogen and oxygen atoms in total. The topological polar surface area (TPSA) is 42.4 Å². The highest BCUT2D eigenvalue weighted by Crippen LogP contribution is 2.25. The summed E-state index contributed by atoms with van der Waals surface area (Å²) in [6.45, 7) is 2.46. The van der Waals surface area contributed by atoms with Gasteiger partial charge < -0.3 is 9.64 Å². The summed E-state index contributed by atoms with van der Waals surface area (Å²) in [6.07, 6.45) is 0. The minimum absolute atomic E-state index is 0.0284. The van der Waals surface area contributed by atoms with Crippen LogP contribution in [-0.2, 0) is 4.74 Å². The maximum absolute atomic E-state index is 12.4. The monoisotopic (exact) mass is 336 g/mol. The van der Waals surface area contributed by atoms with Crippen LogP contribution in [0.3, 0.4) is 0 Å². The van der Waals surface area contributed by atoms with Crippen molar-refractivity contribution in [2.45, 2.75) is 0 Å². The van der Waals surface area contributed by atoms with Crippen LogP contribution in [-0.4, -0.2) is 42.1 Å². The van der Waals surface area contributed by atoms with Gasteiger partial charge in [0.2, 0.25) is 0 Å². The first-order chi connectivity index (χ1) is 10.6. The number of hydrogen-bond acceptors (Lipinski definition) is 3. The summed E-state index contributed by atoms with van der Waals surface area (Å²) in [6, 6.07) is 10.9. The second-order valence-corrected chi connectivity index (χ2v) is 5.76. The number of morpholine rings is 1.